The number of benzene rings is 3. The van der Waals surface area contributed by atoms with E-state index >= 15 is 0 Å². The third kappa shape index (κ3) is 13.7. The van der Waals surface area contributed by atoms with Gasteiger partial charge in [-0.2, -0.15) is 0 Å². The fourth-order valence-electron chi connectivity index (χ4n) is 4.00. The first-order valence-electron chi connectivity index (χ1n) is 14.6. The monoisotopic (exact) mass is 661 g/mol. The topological polar surface area (TPSA) is 145 Å². The van der Waals surface area contributed by atoms with Crippen LogP contribution in [0.3, 0.4) is 0 Å². The largest absolute Gasteiger partial charge is 2.00 e. The molecule has 0 saturated carbocycles. The molecule has 8 nitrogen and oxygen atoms in total. The summed E-state index contributed by atoms with van der Waals surface area (Å²) >= 11 is 0. The summed E-state index contributed by atoms with van der Waals surface area (Å²) in [5.41, 5.74) is 6.84. The molecule has 245 valence electrons. The Hall–Kier alpha value is -3.95. The Morgan fingerprint density at radius 2 is 0.978 bits per heavy atom. The number of carboxylic acid groups (broad SMARTS) is 2. The van der Waals surface area contributed by atoms with Gasteiger partial charge in [-0.3, -0.25) is 9.98 Å². The zero-order chi connectivity index (χ0) is 33.8. The first-order chi connectivity index (χ1) is 20.3. The molecule has 9 heteroatoms. The van der Waals surface area contributed by atoms with E-state index in [1.807, 2.05) is 50.2 Å². The van der Waals surface area contributed by atoms with Gasteiger partial charge in [-0.05, 0) is 84.0 Å². The summed E-state index contributed by atoms with van der Waals surface area (Å²) in [6, 6.07) is 15.8. The molecule has 0 aliphatic rings. The Bertz CT molecular complexity index is 1380. The van der Waals surface area contributed by atoms with Crippen molar-refractivity contribution in [2.45, 2.75) is 92.9 Å². The number of carbonyl (C=O) groups excluding carboxylic acids is 2. The minimum Gasteiger partial charge on any atom is -0.550 e. The Balaban J connectivity index is 0.00000192. The van der Waals surface area contributed by atoms with Crippen LogP contribution >= 0.6 is 0 Å². The number of rotatable bonds is 6. The Morgan fingerprint density at radius 1 is 0.689 bits per heavy atom. The van der Waals surface area contributed by atoms with Crippen LogP contribution in [0.2, 0.25) is 0 Å². The number of hydrogen-bond acceptors (Lipinski definition) is 8. The number of carbonyl (C=O) groups is 2. The van der Waals surface area contributed by atoms with Crippen LogP contribution in [-0.2, 0) is 50.0 Å². The van der Waals surface area contributed by atoms with Gasteiger partial charge in [0.05, 0.1) is 11.4 Å². The van der Waals surface area contributed by atoms with Crippen LogP contribution in [0.1, 0.15) is 103 Å². The number of aliphatic carboxylic acids is 2. The third-order valence-electron chi connectivity index (χ3n) is 6.50. The van der Waals surface area contributed by atoms with Gasteiger partial charge in [0.1, 0.15) is 11.5 Å². The molecule has 0 saturated heterocycles. The minimum atomic E-state index is -1.08. The second kappa shape index (κ2) is 18.1. The van der Waals surface area contributed by atoms with E-state index in [2.05, 4.69) is 53.7 Å². The van der Waals surface area contributed by atoms with Crippen molar-refractivity contribution < 1.29 is 46.8 Å². The molecule has 2 N–H and O–H groups in total. The molecule has 0 spiro atoms. The van der Waals surface area contributed by atoms with E-state index in [-0.39, 0.29) is 39.1 Å². The normalized spacial score (nSPS) is 11.2. The van der Waals surface area contributed by atoms with Gasteiger partial charge in [0.15, 0.2) is 0 Å². The number of hydrogen-bond donors (Lipinski definition) is 2. The summed E-state index contributed by atoms with van der Waals surface area (Å²) in [5, 5.41) is 39.4. The molecule has 0 aliphatic heterocycles. The molecule has 0 amide bonds. The number of phenols is 2. The first kappa shape index (κ1) is 41.0. The van der Waals surface area contributed by atoms with Gasteiger partial charge in [-0.15, -0.1) is 0 Å². The second-order valence-electron chi connectivity index (χ2n) is 12.3. The SMILES string of the molecule is CC(=O)[O-].CC(=O)[O-].CCc1cc(C(C)(C)C)cc(C=Nc2ccccc2N=Cc2cc(C(C)(C)C)cc(CC)c2O)c1O.[Co+2]. The average Bonchev–Trinajstić information content (AvgIpc) is 2.90. The van der Waals surface area contributed by atoms with E-state index in [1.54, 1.807) is 12.4 Å². The van der Waals surface area contributed by atoms with E-state index in [1.165, 1.54) is 0 Å². The maximum atomic E-state index is 10.8. The molecular formula is C36H46CoN2O6. The third-order valence-corrected chi connectivity index (χ3v) is 6.50. The van der Waals surface area contributed by atoms with Crippen LogP contribution < -0.4 is 10.2 Å². The Kier molecular flexibility index (Phi) is 16.5. The molecule has 0 fully saturated rings. The molecule has 0 unspecified atom stereocenters. The van der Waals surface area contributed by atoms with E-state index < -0.39 is 11.9 Å². The molecule has 0 aliphatic carbocycles. The maximum Gasteiger partial charge on any atom is 2.00 e. The Morgan fingerprint density at radius 3 is 1.22 bits per heavy atom. The van der Waals surface area contributed by atoms with E-state index in [4.69, 9.17) is 29.8 Å². The molecule has 0 heterocycles. The predicted molar refractivity (Wildman–Crippen MR) is 175 cm³/mol. The number of aryl methyl sites for hydroxylation is 2. The van der Waals surface area contributed by atoms with Crippen molar-refractivity contribution in [2.75, 3.05) is 0 Å². The smallest absolute Gasteiger partial charge is 0.550 e. The molecule has 3 aromatic carbocycles. The zero-order valence-electron chi connectivity index (χ0n) is 27.9. The van der Waals surface area contributed by atoms with Crippen LogP contribution in [0.15, 0.2) is 58.5 Å². The van der Waals surface area contributed by atoms with Gasteiger partial charge < -0.3 is 30.0 Å². The van der Waals surface area contributed by atoms with Crippen LogP contribution in [0.4, 0.5) is 11.4 Å². The van der Waals surface area contributed by atoms with Gasteiger partial charge in [0, 0.05) is 35.5 Å². The van der Waals surface area contributed by atoms with Crippen molar-refractivity contribution in [1.29, 1.82) is 0 Å². The van der Waals surface area contributed by atoms with Crippen molar-refractivity contribution in [3.8, 4) is 11.5 Å². The number of carboxylic acids is 2. The minimum absolute atomic E-state index is 0. The summed E-state index contributed by atoms with van der Waals surface area (Å²) in [7, 11) is 0. The fourth-order valence-corrected chi connectivity index (χ4v) is 4.00. The summed E-state index contributed by atoms with van der Waals surface area (Å²) in [5.74, 6) is -1.63. The molecular weight excluding hydrogens is 615 g/mol. The zero-order valence-corrected chi connectivity index (χ0v) is 29.0. The van der Waals surface area contributed by atoms with Crippen LogP contribution in [0.25, 0.3) is 0 Å². The number of aromatic hydroxyl groups is 2. The Labute approximate surface area is 278 Å². The van der Waals surface area contributed by atoms with Gasteiger partial charge >= 0.3 is 16.8 Å². The standard InChI is InChI=1S/C32H40N2O2.2C2H4O2.Co/c1-9-21-15-25(31(3,4)5)17-23(29(21)35)19-33-27-13-11-12-14-28(27)34-20-24-18-26(32(6,7)8)16-22(10-2)30(24)36;2*1-2(3)4;/h11-20,35-36H,9-10H2,1-8H3;2*1H3,(H,3,4);/q;;;+2/p-2. The summed E-state index contributed by atoms with van der Waals surface area (Å²) < 4.78 is 0. The second-order valence-corrected chi connectivity index (χ2v) is 12.3. The summed E-state index contributed by atoms with van der Waals surface area (Å²) in [4.78, 5) is 27.2. The molecule has 0 atom stereocenters. The molecule has 45 heavy (non-hydrogen) atoms. The van der Waals surface area contributed by atoms with Gasteiger partial charge in [0.2, 0.25) is 0 Å². The van der Waals surface area contributed by atoms with Gasteiger partial charge in [0.25, 0.3) is 0 Å². The molecule has 3 aromatic rings. The van der Waals surface area contributed by atoms with E-state index in [0.29, 0.717) is 22.5 Å². The number of aliphatic imine (C=N–C) groups is 2. The van der Waals surface area contributed by atoms with Gasteiger partial charge in [-0.1, -0.05) is 79.7 Å². The van der Waals surface area contributed by atoms with Gasteiger partial charge in [-0.25, -0.2) is 0 Å². The average molecular weight is 662 g/mol. The molecule has 0 bridgehead atoms. The molecule has 0 aromatic heterocycles. The number of para-hydroxylation sites is 2. The summed E-state index contributed by atoms with van der Waals surface area (Å²) in [6.07, 6.45) is 4.92. The summed E-state index contributed by atoms with van der Waals surface area (Å²) in [6.45, 7) is 19.0. The van der Waals surface area contributed by atoms with Crippen molar-refractivity contribution in [1.82, 2.24) is 0 Å². The first-order valence-corrected chi connectivity index (χ1v) is 14.6. The van der Waals surface area contributed by atoms with Crippen LogP contribution in [-0.4, -0.2) is 34.6 Å². The molecule has 1 radical (unpaired) electrons. The number of nitrogens with zero attached hydrogens (tertiary/aromatic N) is 2. The van der Waals surface area contributed by atoms with Crippen molar-refractivity contribution in [2.24, 2.45) is 9.98 Å². The van der Waals surface area contributed by atoms with E-state index in [9.17, 15) is 10.2 Å². The van der Waals surface area contributed by atoms with Crippen molar-refractivity contribution in [3.63, 3.8) is 0 Å². The van der Waals surface area contributed by atoms with E-state index in [0.717, 1.165) is 48.9 Å². The fraction of sp³-hybridized carbons (Fsp3) is 0.389. The number of phenolic OH excluding ortho intramolecular Hbond substituents is 2. The maximum absolute atomic E-state index is 10.8. The predicted octanol–water partition coefficient (Wildman–Crippen LogP) is 5.83. The quantitative estimate of drug-likeness (QED) is 0.318. The van der Waals surface area contributed by atoms with Crippen LogP contribution in [0, 0.1) is 0 Å². The van der Waals surface area contributed by atoms with Crippen molar-refractivity contribution >= 4 is 35.7 Å². The van der Waals surface area contributed by atoms with Crippen LogP contribution in [0.5, 0.6) is 11.5 Å². The van der Waals surface area contributed by atoms with Crippen molar-refractivity contribution in [3.05, 3.63) is 81.9 Å². The molecule has 3 rings (SSSR count).